The van der Waals surface area contributed by atoms with Crippen molar-refractivity contribution >= 4 is 23.3 Å². The quantitative estimate of drug-likeness (QED) is 0.479. The highest BCUT2D eigenvalue weighted by atomic mass is 35.5. The maximum absolute atomic E-state index is 13.5. The van der Waals surface area contributed by atoms with E-state index in [4.69, 9.17) is 16.3 Å². The van der Waals surface area contributed by atoms with Gasteiger partial charge in [0.05, 0.1) is 17.1 Å². The van der Waals surface area contributed by atoms with Gasteiger partial charge < -0.3 is 9.47 Å². The third kappa shape index (κ3) is 3.07. The fraction of sp³-hybridized carbons (Fsp3) is 0.300. The van der Waals surface area contributed by atoms with Gasteiger partial charge >= 0.3 is 11.7 Å². The summed E-state index contributed by atoms with van der Waals surface area (Å²) in [5, 5.41) is 10.6. The molecule has 6 nitrogen and oxygen atoms in total. The van der Waals surface area contributed by atoms with E-state index in [0.29, 0.717) is 0 Å². The van der Waals surface area contributed by atoms with Gasteiger partial charge in [-0.2, -0.15) is 0 Å². The molecule has 0 amide bonds. The molecule has 0 aromatic heterocycles. The molecule has 0 spiro atoms. The number of nitro benzene ring substituents is 1. The number of benzene rings is 1. The van der Waals surface area contributed by atoms with E-state index in [-0.39, 0.29) is 5.02 Å². The van der Waals surface area contributed by atoms with Crippen LogP contribution in [0.5, 0.6) is 5.75 Å². The van der Waals surface area contributed by atoms with Crippen LogP contribution in [0.3, 0.4) is 0 Å². The van der Waals surface area contributed by atoms with Crippen molar-refractivity contribution in [3.8, 4) is 5.75 Å². The summed E-state index contributed by atoms with van der Waals surface area (Å²) in [6, 6.07) is 1.79. The largest absolute Gasteiger partial charge is 0.470 e. The van der Waals surface area contributed by atoms with E-state index < -0.39 is 34.3 Å². The minimum absolute atomic E-state index is 0.141. The van der Waals surface area contributed by atoms with Crippen LogP contribution >= 0.6 is 11.6 Å². The SMILES string of the molecule is COC(=O)C(C)Oc1c(F)cc(Cl)cc1[N+](=O)[O-]. The first-order chi connectivity index (χ1) is 8.36. The van der Waals surface area contributed by atoms with Crippen LogP contribution < -0.4 is 4.74 Å². The lowest BCUT2D eigenvalue weighted by Gasteiger charge is -2.13. The van der Waals surface area contributed by atoms with E-state index in [9.17, 15) is 19.3 Å². The lowest BCUT2D eigenvalue weighted by molar-refractivity contribution is -0.386. The number of hydrogen-bond donors (Lipinski definition) is 0. The molecule has 98 valence electrons. The Morgan fingerprint density at radius 2 is 2.17 bits per heavy atom. The number of carbonyl (C=O) groups is 1. The molecule has 0 saturated heterocycles. The predicted octanol–water partition coefficient (Wildman–Crippen LogP) is 2.33. The second-order valence-corrected chi connectivity index (χ2v) is 3.71. The van der Waals surface area contributed by atoms with Crippen LogP contribution in [0.1, 0.15) is 6.92 Å². The Morgan fingerprint density at radius 3 is 2.67 bits per heavy atom. The number of nitrogens with zero attached hydrogens (tertiary/aromatic N) is 1. The van der Waals surface area contributed by atoms with Crippen LogP contribution in [0.4, 0.5) is 10.1 Å². The van der Waals surface area contributed by atoms with Crippen molar-refractivity contribution in [2.24, 2.45) is 0 Å². The van der Waals surface area contributed by atoms with E-state index in [1.807, 2.05) is 0 Å². The Morgan fingerprint density at radius 1 is 1.56 bits per heavy atom. The second-order valence-electron chi connectivity index (χ2n) is 3.28. The van der Waals surface area contributed by atoms with Gasteiger partial charge in [-0.1, -0.05) is 11.6 Å². The molecule has 8 heteroatoms. The molecule has 0 aliphatic rings. The summed E-state index contributed by atoms with van der Waals surface area (Å²) in [5.41, 5.74) is -0.657. The van der Waals surface area contributed by atoms with E-state index in [2.05, 4.69) is 4.74 Å². The Balaban J connectivity index is 3.15. The maximum atomic E-state index is 13.5. The molecule has 1 aromatic carbocycles. The molecule has 0 N–H and O–H groups in total. The van der Waals surface area contributed by atoms with Crippen LogP contribution in [-0.2, 0) is 9.53 Å². The summed E-state index contributed by atoms with van der Waals surface area (Å²) in [6.07, 6.45) is -1.18. The van der Waals surface area contributed by atoms with Gasteiger partial charge in [-0.05, 0) is 13.0 Å². The van der Waals surface area contributed by atoms with Crippen molar-refractivity contribution in [1.29, 1.82) is 0 Å². The second kappa shape index (κ2) is 5.63. The number of nitro groups is 1. The normalized spacial score (nSPS) is 11.8. The molecule has 1 aromatic rings. The molecule has 0 aliphatic carbocycles. The molecule has 0 bridgehead atoms. The number of rotatable bonds is 4. The summed E-state index contributed by atoms with van der Waals surface area (Å²) in [6.45, 7) is 1.28. The first-order valence-electron chi connectivity index (χ1n) is 4.74. The van der Waals surface area contributed by atoms with Crippen molar-refractivity contribution in [3.63, 3.8) is 0 Å². The highest BCUT2D eigenvalue weighted by Gasteiger charge is 2.26. The summed E-state index contributed by atoms with van der Waals surface area (Å²) < 4.78 is 22.8. The average Bonchev–Trinajstić information content (AvgIpc) is 2.30. The standard InChI is InChI=1S/C10H9ClFNO5/c1-5(10(14)17-2)18-9-7(12)3-6(11)4-8(9)13(15)16/h3-5H,1-2H3. The highest BCUT2D eigenvalue weighted by Crippen LogP contribution is 2.34. The van der Waals surface area contributed by atoms with E-state index >= 15 is 0 Å². The first-order valence-corrected chi connectivity index (χ1v) is 5.12. The minimum Gasteiger partial charge on any atom is -0.470 e. The fourth-order valence-electron chi connectivity index (χ4n) is 1.19. The third-order valence-corrected chi connectivity index (χ3v) is 2.23. The Kier molecular flexibility index (Phi) is 4.43. The predicted molar refractivity (Wildman–Crippen MR) is 60.2 cm³/mol. The van der Waals surface area contributed by atoms with Gasteiger partial charge in [0, 0.05) is 6.07 Å². The number of hydrogen-bond acceptors (Lipinski definition) is 5. The summed E-state index contributed by atoms with van der Waals surface area (Å²) in [5.74, 6) is -2.45. The van der Waals surface area contributed by atoms with Gasteiger partial charge in [0.25, 0.3) is 0 Å². The molecule has 0 saturated carbocycles. The van der Waals surface area contributed by atoms with Gasteiger partial charge in [-0.25, -0.2) is 9.18 Å². The Hall–Kier alpha value is -1.89. The first kappa shape index (κ1) is 14.2. The van der Waals surface area contributed by atoms with Crippen molar-refractivity contribution < 1.29 is 23.6 Å². The average molecular weight is 278 g/mol. The van der Waals surface area contributed by atoms with E-state index in [1.165, 1.54) is 6.92 Å². The molecule has 18 heavy (non-hydrogen) atoms. The zero-order valence-corrected chi connectivity index (χ0v) is 10.2. The van der Waals surface area contributed by atoms with Gasteiger partial charge in [-0.3, -0.25) is 10.1 Å². The van der Waals surface area contributed by atoms with Crippen LogP contribution in [0.2, 0.25) is 5.02 Å². The summed E-state index contributed by atoms with van der Waals surface area (Å²) in [7, 11) is 1.12. The van der Waals surface area contributed by atoms with Gasteiger partial charge in [0.15, 0.2) is 11.9 Å². The molecule has 0 radical (unpaired) electrons. The monoisotopic (exact) mass is 277 g/mol. The van der Waals surface area contributed by atoms with Crippen molar-refractivity contribution in [2.45, 2.75) is 13.0 Å². The maximum Gasteiger partial charge on any atom is 0.346 e. The molecule has 1 unspecified atom stereocenters. The fourth-order valence-corrected chi connectivity index (χ4v) is 1.39. The molecular formula is C10H9ClFNO5. The van der Waals surface area contributed by atoms with Crippen molar-refractivity contribution in [3.05, 3.63) is 33.1 Å². The van der Waals surface area contributed by atoms with E-state index in [0.717, 1.165) is 19.2 Å². The van der Waals surface area contributed by atoms with Crippen molar-refractivity contribution in [2.75, 3.05) is 7.11 Å². The minimum atomic E-state index is -1.18. The lowest BCUT2D eigenvalue weighted by atomic mass is 10.2. The van der Waals surface area contributed by atoms with E-state index in [1.54, 1.807) is 0 Å². The lowest BCUT2D eigenvalue weighted by Crippen LogP contribution is -2.25. The molecule has 0 fully saturated rings. The number of halogens is 2. The topological polar surface area (TPSA) is 78.7 Å². The molecule has 1 atom stereocenters. The Labute approximate surface area is 106 Å². The number of ether oxygens (including phenoxy) is 2. The zero-order valence-electron chi connectivity index (χ0n) is 9.48. The molecule has 0 heterocycles. The number of esters is 1. The van der Waals surface area contributed by atoms with Crippen molar-refractivity contribution in [1.82, 2.24) is 0 Å². The highest BCUT2D eigenvalue weighted by molar-refractivity contribution is 6.30. The van der Waals surface area contributed by atoms with Crippen LogP contribution in [-0.4, -0.2) is 24.1 Å². The number of carbonyl (C=O) groups excluding carboxylic acids is 1. The molecule has 1 rings (SSSR count). The van der Waals surface area contributed by atoms with Gasteiger partial charge in [0.2, 0.25) is 5.75 Å². The summed E-state index contributed by atoms with van der Waals surface area (Å²) in [4.78, 5) is 21.0. The molecular weight excluding hydrogens is 269 g/mol. The smallest absolute Gasteiger partial charge is 0.346 e. The van der Waals surface area contributed by atoms with Crippen LogP contribution in [0, 0.1) is 15.9 Å². The van der Waals surface area contributed by atoms with Crippen LogP contribution in [0.25, 0.3) is 0 Å². The summed E-state index contributed by atoms with van der Waals surface area (Å²) >= 11 is 5.50. The van der Waals surface area contributed by atoms with Gasteiger partial charge in [0.1, 0.15) is 0 Å². The third-order valence-electron chi connectivity index (χ3n) is 2.01. The molecule has 0 aliphatic heterocycles. The van der Waals surface area contributed by atoms with Gasteiger partial charge in [-0.15, -0.1) is 0 Å². The Bertz CT molecular complexity index is 493. The van der Waals surface area contributed by atoms with Crippen LogP contribution in [0.15, 0.2) is 12.1 Å². The number of methoxy groups -OCH3 is 1. The zero-order chi connectivity index (χ0) is 13.9.